The van der Waals surface area contributed by atoms with Crippen LogP contribution in [0.5, 0.6) is 0 Å². The van der Waals surface area contributed by atoms with Gasteiger partial charge in [0.25, 0.3) is 5.91 Å². The van der Waals surface area contributed by atoms with Gasteiger partial charge in [-0.3, -0.25) is 14.5 Å². The molecule has 0 aromatic carbocycles. The van der Waals surface area contributed by atoms with Gasteiger partial charge in [0.2, 0.25) is 0 Å². The molecule has 0 saturated carbocycles. The summed E-state index contributed by atoms with van der Waals surface area (Å²) in [5.74, 6) is -0.139. The second kappa shape index (κ2) is 8.68. The van der Waals surface area contributed by atoms with Crippen molar-refractivity contribution in [2.24, 2.45) is 14.1 Å². The Bertz CT molecular complexity index is 1340. The molecule has 8 nitrogen and oxygen atoms in total. The highest BCUT2D eigenvalue weighted by atomic mass is 16.5. The first-order valence-electron chi connectivity index (χ1n) is 11.6. The third kappa shape index (κ3) is 4.59. The number of pyridine rings is 2. The molecule has 5 rings (SSSR count). The molecule has 1 aliphatic heterocycles. The van der Waals surface area contributed by atoms with Crippen molar-refractivity contribution >= 4 is 16.9 Å². The second-order valence-electron chi connectivity index (χ2n) is 9.73. The average Bonchev–Trinajstić information content (AvgIpc) is 3.39. The van der Waals surface area contributed by atoms with E-state index in [1.807, 2.05) is 57.1 Å². The molecular formula is C26H30N6O2. The standard InChI is InChI=1S/C26H30N6O2/c1-26(2)13-20(8-10-34-26)29-25(33)23-12-18(24-22(30-23)7-9-31(24)3)11-17-5-6-21(27-14-17)19-15-28-32(4)16-19/h5-7,9,12,14-16,20H,8,10-11,13H2,1-4H3,(H,29,33). The van der Waals surface area contributed by atoms with E-state index in [4.69, 9.17) is 4.74 Å². The van der Waals surface area contributed by atoms with E-state index in [-0.39, 0.29) is 17.6 Å². The second-order valence-corrected chi connectivity index (χ2v) is 9.73. The Morgan fingerprint density at radius 2 is 2.09 bits per heavy atom. The van der Waals surface area contributed by atoms with Gasteiger partial charge in [0.15, 0.2) is 0 Å². The lowest BCUT2D eigenvalue weighted by atomic mass is 9.94. The van der Waals surface area contributed by atoms with Crippen LogP contribution < -0.4 is 5.32 Å². The number of hydrogen-bond acceptors (Lipinski definition) is 5. The van der Waals surface area contributed by atoms with Gasteiger partial charge < -0.3 is 14.6 Å². The van der Waals surface area contributed by atoms with Crippen LogP contribution in [0.2, 0.25) is 0 Å². The van der Waals surface area contributed by atoms with Crippen molar-refractivity contribution in [2.45, 2.75) is 44.8 Å². The molecule has 8 heteroatoms. The number of nitrogens with zero attached hydrogens (tertiary/aromatic N) is 5. The number of amides is 1. The summed E-state index contributed by atoms with van der Waals surface area (Å²) in [5.41, 5.74) is 6.04. The Morgan fingerprint density at radius 1 is 1.24 bits per heavy atom. The normalized spacial score (nSPS) is 17.7. The number of rotatable bonds is 5. The molecule has 1 N–H and O–H groups in total. The molecule has 0 spiro atoms. The zero-order valence-electron chi connectivity index (χ0n) is 20.1. The maximum absolute atomic E-state index is 13.1. The van der Waals surface area contributed by atoms with Gasteiger partial charge >= 0.3 is 0 Å². The van der Waals surface area contributed by atoms with Crippen LogP contribution in [0, 0.1) is 0 Å². The van der Waals surface area contributed by atoms with Gasteiger partial charge in [-0.1, -0.05) is 6.07 Å². The lowest BCUT2D eigenvalue weighted by molar-refractivity contribution is -0.0615. The van der Waals surface area contributed by atoms with Crippen LogP contribution in [0.1, 0.15) is 48.3 Å². The summed E-state index contributed by atoms with van der Waals surface area (Å²) in [6, 6.07) is 8.04. The number of aryl methyl sites for hydroxylation is 2. The van der Waals surface area contributed by atoms with Crippen LogP contribution in [0.15, 0.2) is 49.1 Å². The van der Waals surface area contributed by atoms with Crippen LogP contribution in [-0.4, -0.2) is 48.5 Å². The van der Waals surface area contributed by atoms with Crippen molar-refractivity contribution in [1.29, 1.82) is 0 Å². The number of carbonyl (C=O) groups is 1. The van der Waals surface area contributed by atoms with E-state index in [9.17, 15) is 4.79 Å². The molecule has 4 aromatic rings. The molecule has 34 heavy (non-hydrogen) atoms. The molecule has 1 unspecified atom stereocenters. The van der Waals surface area contributed by atoms with Gasteiger partial charge in [-0.05, 0) is 56.0 Å². The topological polar surface area (TPSA) is 86.9 Å². The van der Waals surface area contributed by atoms with Crippen molar-refractivity contribution in [2.75, 3.05) is 6.61 Å². The number of carbonyl (C=O) groups excluding carboxylic acids is 1. The van der Waals surface area contributed by atoms with Crippen molar-refractivity contribution in [3.8, 4) is 11.3 Å². The van der Waals surface area contributed by atoms with Gasteiger partial charge in [0, 0.05) is 57.3 Å². The molecule has 176 valence electrons. The summed E-state index contributed by atoms with van der Waals surface area (Å²) in [7, 11) is 3.89. The maximum Gasteiger partial charge on any atom is 0.270 e. The molecule has 5 heterocycles. The third-order valence-corrected chi connectivity index (χ3v) is 6.39. The number of aromatic nitrogens is 5. The molecule has 1 amide bonds. The zero-order chi connectivity index (χ0) is 23.9. The molecule has 1 fully saturated rings. The Labute approximate surface area is 199 Å². The Morgan fingerprint density at radius 3 is 2.79 bits per heavy atom. The first kappa shape index (κ1) is 22.3. The largest absolute Gasteiger partial charge is 0.375 e. The highest BCUT2D eigenvalue weighted by molar-refractivity contribution is 5.95. The minimum Gasteiger partial charge on any atom is -0.375 e. The summed E-state index contributed by atoms with van der Waals surface area (Å²) < 4.78 is 9.61. The van der Waals surface area contributed by atoms with E-state index in [2.05, 4.69) is 44.9 Å². The number of fused-ring (bicyclic) bond motifs is 1. The van der Waals surface area contributed by atoms with E-state index in [0.717, 1.165) is 46.3 Å². The van der Waals surface area contributed by atoms with Crippen LogP contribution in [0.4, 0.5) is 0 Å². The van der Waals surface area contributed by atoms with E-state index >= 15 is 0 Å². The predicted molar refractivity (Wildman–Crippen MR) is 130 cm³/mol. The van der Waals surface area contributed by atoms with Gasteiger partial charge in [0.1, 0.15) is 5.69 Å². The molecule has 4 aromatic heterocycles. The van der Waals surface area contributed by atoms with Crippen molar-refractivity contribution in [3.63, 3.8) is 0 Å². The highest BCUT2D eigenvalue weighted by Crippen LogP contribution is 2.26. The minimum atomic E-state index is -0.229. The lowest BCUT2D eigenvalue weighted by Gasteiger charge is -2.35. The third-order valence-electron chi connectivity index (χ3n) is 6.39. The fourth-order valence-corrected chi connectivity index (χ4v) is 4.73. The summed E-state index contributed by atoms with van der Waals surface area (Å²) in [6.07, 6.45) is 9.88. The summed E-state index contributed by atoms with van der Waals surface area (Å²) >= 11 is 0. The van der Waals surface area contributed by atoms with Crippen LogP contribution >= 0.6 is 0 Å². The summed E-state index contributed by atoms with van der Waals surface area (Å²) in [6.45, 7) is 4.77. The first-order valence-corrected chi connectivity index (χ1v) is 11.6. The number of ether oxygens (including phenoxy) is 1. The molecular weight excluding hydrogens is 428 g/mol. The number of nitrogens with one attached hydrogen (secondary N) is 1. The SMILES string of the molecule is Cn1cc(-c2ccc(Cc3cc(C(=O)NC4CCOC(C)(C)C4)nc4ccn(C)c34)cn2)cn1. The fourth-order valence-electron chi connectivity index (χ4n) is 4.73. The highest BCUT2D eigenvalue weighted by Gasteiger charge is 2.30. The van der Waals surface area contributed by atoms with E-state index in [1.165, 1.54) is 0 Å². The van der Waals surface area contributed by atoms with Crippen molar-refractivity contribution < 1.29 is 9.53 Å². The monoisotopic (exact) mass is 458 g/mol. The summed E-state index contributed by atoms with van der Waals surface area (Å²) in [5, 5.41) is 7.39. The van der Waals surface area contributed by atoms with Gasteiger partial charge in [0.05, 0.1) is 28.5 Å². The van der Waals surface area contributed by atoms with Crippen molar-refractivity contribution in [1.82, 2.24) is 29.6 Å². The van der Waals surface area contributed by atoms with Crippen LogP contribution in [-0.2, 0) is 25.3 Å². The van der Waals surface area contributed by atoms with Crippen molar-refractivity contribution in [3.05, 3.63) is 65.9 Å². The van der Waals surface area contributed by atoms with Crippen LogP contribution in [0.25, 0.3) is 22.3 Å². The quantitative estimate of drug-likeness (QED) is 0.493. The van der Waals surface area contributed by atoms with Crippen LogP contribution in [0.3, 0.4) is 0 Å². The predicted octanol–water partition coefficient (Wildman–Crippen LogP) is 3.65. The first-order chi connectivity index (χ1) is 16.3. The minimum absolute atomic E-state index is 0.0807. The van der Waals surface area contributed by atoms with E-state index in [1.54, 1.807) is 4.68 Å². The van der Waals surface area contributed by atoms with Gasteiger partial charge in [-0.2, -0.15) is 5.10 Å². The molecule has 0 bridgehead atoms. The smallest absolute Gasteiger partial charge is 0.270 e. The molecule has 0 aliphatic carbocycles. The molecule has 1 aliphatic rings. The Kier molecular flexibility index (Phi) is 5.69. The Balaban J connectivity index is 1.40. The van der Waals surface area contributed by atoms with Gasteiger partial charge in [-0.25, -0.2) is 4.98 Å². The zero-order valence-corrected chi connectivity index (χ0v) is 20.1. The number of hydrogen-bond donors (Lipinski definition) is 1. The van der Waals surface area contributed by atoms with Gasteiger partial charge in [-0.15, -0.1) is 0 Å². The Hall–Kier alpha value is -3.52. The summed E-state index contributed by atoms with van der Waals surface area (Å²) in [4.78, 5) is 22.4. The maximum atomic E-state index is 13.1. The molecule has 1 atom stereocenters. The van der Waals surface area contributed by atoms with E-state index in [0.29, 0.717) is 18.7 Å². The molecule has 0 radical (unpaired) electrons. The lowest BCUT2D eigenvalue weighted by Crippen LogP contribution is -2.46. The molecule has 1 saturated heterocycles. The average molecular weight is 459 g/mol. The van der Waals surface area contributed by atoms with E-state index < -0.39 is 0 Å². The fraction of sp³-hybridized carbons (Fsp3) is 0.385.